The van der Waals surface area contributed by atoms with Crippen LogP contribution >= 0.6 is 0 Å². The van der Waals surface area contributed by atoms with Gasteiger partial charge in [-0.1, -0.05) is 0 Å². The van der Waals surface area contributed by atoms with E-state index in [-0.39, 0.29) is 11.8 Å². The van der Waals surface area contributed by atoms with Gasteiger partial charge in [0.2, 0.25) is 0 Å². The van der Waals surface area contributed by atoms with Crippen molar-refractivity contribution in [2.75, 3.05) is 31.1 Å². The predicted molar refractivity (Wildman–Crippen MR) is 120 cm³/mol. The molecule has 2 saturated heterocycles. The molecule has 2 aliphatic rings. The summed E-state index contributed by atoms with van der Waals surface area (Å²) >= 11 is 0. The first kappa shape index (κ1) is 19.7. The molecule has 2 aliphatic heterocycles. The fourth-order valence-electron chi connectivity index (χ4n) is 4.62. The molecule has 0 aliphatic carbocycles. The zero-order chi connectivity index (χ0) is 21.0. The molecule has 1 aromatic carbocycles. The lowest BCUT2D eigenvalue weighted by molar-refractivity contribution is 0.0704. The molecule has 2 fully saturated rings. The summed E-state index contributed by atoms with van der Waals surface area (Å²) in [5.41, 5.74) is 2.87. The van der Waals surface area contributed by atoms with E-state index in [9.17, 15) is 4.79 Å². The van der Waals surface area contributed by atoms with E-state index in [1.165, 1.54) is 24.9 Å². The van der Waals surface area contributed by atoms with Gasteiger partial charge in [-0.15, -0.1) is 0 Å². The molecular formula is C24H28N6O. The Balaban J connectivity index is 1.26. The Bertz CT molecular complexity index is 1010. The number of nitrogens with zero attached hydrogens (tertiary/aromatic N) is 5. The molecule has 0 spiro atoms. The largest absolute Gasteiger partial charge is 0.372 e. The lowest BCUT2D eigenvalue weighted by Gasteiger charge is -2.32. The molecule has 3 aromatic rings. The van der Waals surface area contributed by atoms with Crippen LogP contribution in [0.15, 0.2) is 48.8 Å². The number of likely N-dealkylation sites (tertiary alicyclic amines) is 1. The van der Waals surface area contributed by atoms with Crippen LogP contribution in [0.3, 0.4) is 0 Å². The number of benzene rings is 1. The summed E-state index contributed by atoms with van der Waals surface area (Å²) in [5.74, 6) is 1.77. The summed E-state index contributed by atoms with van der Waals surface area (Å²) in [6.45, 7) is 3.67. The highest BCUT2D eigenvalue weighted by Gasteiger charge is 2.28. The van der Waals surface area contributed by atoms with Crippen LogP contribution in [0.5, 0.6) is 0 Å². The van der Waals surface area contributed by atoms with Crippen LogP contribution in [0.2, 0.25) is 0 Å². The molecule has 2 aromatic heterocycles. The molecule has 0 unspecified atom stereocenters. The average Bonchev–Trinajstić information content (AvgIpc) is 3.35. The molecule has 7 nitrogen and oxygen atoms in total. The van der Waals surface area contributed by atoms with E-state index in [1.54, 1.807) is 12.4 Å². The first-order valence-electron chi connectivity index (χ1n) is 11.2. The zero-order valence-corrected chi connectivity index (χ0v) is 17.7. The van der Waals surface area contributed by atoms with Crippen molar-refractivity contribution in [3.63, 3.8) is 0 Å². The van der Waals surface area contributed by atoms with Gasteiger partial charge in [0.05, 0.1) is 0 Å². The summed E-state index contributed by atoms with van der Waals surface area (Å²) in [5, 5.41) is 7.44. The van der Waals surface area contributed by atoms with Gasteiger partial charge in [0.1, 0.15) is 5.82 Å². The number of carbonyl (C=O) groups excluding carboxylic acids is 1. The Hall–Kier alpha value is -3.22. The average molecular weight is 417 g/mol. The van der Waals surface area contributed by atoms with Crippen molar-refractivity contribution in [2.45, 2.75) is 38.0 Å². The quantitative estimate of drug-likeness (QED) is 0.698. The molecule has 0 saturated carbocycles. The number of aromatic amines is 1. The maximum absolute atomic E-state index is 13.1. The molecule has 1 N–H and O–H groups in total. The SMILES string of the molecule is O=C(c1ccc(N2CCCCC2)cc1)N1CCC[C@@H](c2nc(-c3cccnc3)n[nH]2)C1. The van der Waals surface area contributed by atoms with E-state index in [0.29, 0.717) is 12.4 Å². The number of hydrogen-bond acceptors (Lipinski definition) is 5. The zero-order valence-electron chi connectivity index (χ0n) is 17.7. The predicted octanol–water partition coefficient (Wildman–Crippen LogP) is 3.88. The Morgan fingerprint density at radius 2 is 1.84 bits per heavy atom. The Morgan fingerprint density at radius 3 is 2.61 bits per heavy atom. The number of nitrogens with one attached hydrogen (secondary N) is 1. The number of H-pyrrole nitrogens is 1. The highest BCUT2D eigenvalue weighted by molar-refractivity contribution is 5.94. The smallest absolute Gasteiger partial charge is 0.253 e. The summed E-state index contributed by atoms with van der Waals surface area (Å²) in [6.07, 6.45) is 9.28. The third-order valence-electron chi connectivity index (χ3n) is 6.35. The summed E-state index contributed by atoms with van der Waals surface area (Å²) in [6, 6.07) is 12.0. The molecule has 5 rings (SSSR count). The van der Waals surface area contributed by atoms with Gasteiger partial charge < -0.3 is 9.80 Å². The molecule has 31 heavy (non-hydrogen) atoms. The van der Waals surface area contributed by atoms with Crippen molar-refractivity contribution in [2.24, 2.45) is 0 Å². The van der Waals surface area contributed by atoms with E-state index >= 15 is 0 Å². The number of anilines is 1. The monoisotopic (exact) mass is 416 g/mol. The summed E-state index contributed by atoms with van der Waals surface area (Å²) in [4.78, 5) is 26.3. The highest BCUT2D eigenvalue weighted by Crippen LogP contribution is 2.27. The fraction of sp³-hybridized carbons (Fsp3) is 0.417. The first-order chi connectivity index (χ1) is 15.3. The third-order valence-corrected chi connectivity index (χ3v) is 6.35. The number of aromatic nitrogens is 4. The van der Waals surface area contributed by atoms with Crippen LogP contribution in [0, 0.1) is 0 Å². The van der Waals surface area contributed by atoms with Crippen LogP contribution in [-0.2, 0) is 0 Å². The standard InChI is InChI=1S/C24H28N6O/c31-24(18-8-10-21(11-9-18)29-13-2-1-3-14-29)30-15-5-7-20(17-30)23-26-22(27-28-23)19-6-4-12-25-16-19/h4,6,8-12,16,20H,1-3,5,7,13-15,17H2,(H,26,27,28)/t20-/m1/s1. The number of piperidine rings is 2. The van der Waals surface area contributed by atoms with E-state index in [1.807, 2.05) is 29.2 Å². The normalized spacial score (nSPS) is 19.4. The van der Waals surface area contributed by atoms with Gasteiger partial charge in [-0.05, 0) is 68.5 Å². The number of carbonyl (C=O) groups is 1. The van der Waals surface area contributed by atoms with Crippen molar-refractivity contribution in [3.05, 3.63) is 60.2 Å². The summed E-state index contributed by atoms with van der Waals surface area (Å²) in [7, 11) is 0. The molecule has 4 heterocycles. The van der Waals surface area contributed by atoms with Gasteiger partial charge in [-0.25, -0.2) is 4.98 Å². The first-order valence-corrected chi connectivity index (χ1v) is 11.2. The fourth-order valence-corrected chi connectivity index (χ4v) is 4.62. The molecular weight excluding hydrogens is 388 g/mol. The van der Waals surface area contributed by atoms with Gasteiger partial charge in [0, 0.05) is 61.3 Å². The van der Waals surface area contributed by atoms with Crippen LogP contribution in [0.4, 0.5) is 5.69 Å². The summed E-state index contributed by atoms with van der Waals surface area (Å²) < 4.78 is 0. The molecule has 1 amide bonds. The lowest BCUT2D eigenvalue weighted by Crippen LogP contribution is -2.39. The minimum absolute atomic E-state index is 0.0990. The number of pyridine rings is 1. The maximum Gasteiger partial charge on any atom is 0.253 e. The molecule has 7 heteroatoms. The van der Waals surface area contributed by atoms with Crippen molar-refractivity contribution in [1.29, 1.82) is 0 Å². The van der Waals surface area contributed by atoms with Crippen LogP contribution in [0.25, 0.3) is 11.4 Å². The van der Waals surface area contributed by atoms with E-state index < -0.39 is 0 Å². The Morgan fingerprint density at radius 1 is 1.00 bits per heavy atom. The van der Waals surface area contributed by atoms with Crippen LogP contribution < -0.4 is 4.90 Å². The van der Waals surface area contributed by atoms with Gasteiger partial charge in [0.15, 0.2) is 5.82 Å². The van der Waals surface area contributed by atoms with Crippen molar-refractivity contribution < 1.29 is 4.79 Å². The van der Waals surface area contributed by atoms with Gasteiger partial charge in [-0.2, -0.15) is 5.10 Å². The lowest BCUT2D eigenvalue weighted by atomic mass is 9.96. The number of hydrogen-bond donors (Lipinski definition) is 1. The van der Waals surface area contributed by atoms with E-state index in [2.05, 4.69) is 37.2 Å². The molecule has 1 atom stereocenters. The van der Waals surface area contributed by atoms with Crippen LogP contribution in [0.1, 0.15) is 54.2 Å². The molecule has 0 bridgehead atoms. The van der Waals surface area contributed by atoms with Crippen molar-refractivity contribution in [1.82, 2.24) is 25.1 Å². The number of amides is 1. The maximum atomic E-state index is 13.1. The van der Waals surface area contributed by atoms with Gasteiger partial charge in [0.25, 0.3) is 5.91 Å². The second-order valence-electron chi connectivity index (χ2n) is 8.47. The van der Waals surface area contributed by atoms with Crippen molar-refractivity contribution in [3.8, 4) is 11.4 Å². The second-order valence-corrected chi connectivity index (χ2v) is 8.47. The highest BCUT2D eigenvalue weighted by atomic mass is 16.2. The Kier molecular flexibility index (Phi) is 5.65. The number of rotatable bonds is 4. The van der Waals surface area contributed by atoms with E-state index in [0.717, 1.165) is 49.4 Å². The van der Waals surface area contributed by atoms with Gasteiger partial charge in [-0.3, -0.25) is 14.9 Å². The minimum atomic E-state index is 0.0990. The topological polar surface area (TPSA) is 78.0 Å². The second kappa shape index (κ2) is 8.88. The third kappa shape index (κ3) is 4.31. The Labute approximate surface area is 182 Å². The van der Waals surface area contributed by atoms with Crippen molar-refractivity contribution >= 4 is 11.6 Å². The van der Waals surface area contributed by atoms with Gasteiger partial charge >= 0.3 is 0 Å². The van der Waals surface area contributed by atoms with Crippen LogP contribution in [-0.4, -0.2) is 57.2 Å². The van der Waals surface area contributed by atoms with E-state index in [4.69, 9.17) is 0 Å². The molecule has 160 valence electrons. The molecule has 0 radical (unpaired) electrons. The minimum Gasteiger partial charge on any atom is -0.372 e.